The van der Waals surface area contributed by atoms with Crippen molar-refractivity contribution in [3.05, 3.63) is 0 Å². The minimum absolute atomic E-state index is 0.310. The summed E-state index contributed by atoms with van der Waals surface area (Å²) in [5.41, 5.74) is 0. The lowest BCUT2D eigenvalue weighted by Gasteiger charge is -1.93. The minimum Gasteiger partial charge on any atom is -0.1000 e. The molecule has 0 saturated carbocycles. The van der Waals surface area contributed by atoms with Crippen LogP contribution in [0.1, 0.15) is 6.92 Å². The minimum atomic E-state index is 0.310. The molecule has 0 aliphatic rings. The highest BCUT2D eigenvalue weighted by atomic mass is 13.4. The smallest absolute Gasteiger partial charge is 0.0602 e. The molecule has 0 aromatic carbocycles. The number of rotatable bonds is 2. The van der Waals surface area contributed by atoms with E-state index in [-0.39, 0.29) is 0 Å². The highest BCUT2D eigenvalue weighted by molar-refractivity contribution is 7.34. The SMILES string of the molecule is [B]B([B]C)CC. The average molecular weight is 76.5 g/mol. The molecule has 0 aliphatic heterocycles. The molecule has 0 unspecified atom stereocenters. The Bertz CT molecular complexity index is 25.2. The summed E-state index contributed by atoms with van der Waals surface area (Å²) in [5.74, 6) is 0. The molecule has 0 rings (SSSR count). The van der Waals surface area contributed by atoms with Crippen molar-refractivity contribution in [2.75, 3.05) is 0 Å². The van der Waals surface area contributed by atoms with E-state index < -0.39 is 0 Å². The Morgan fingerprint density at radius 1 is 1.83 bits per heavy atom. The summed E-state index contributed by atoms with van der Waals surface area (Å²) in [5, 5.41) is 0. The van der Waals surface area contributed by atoms with Crippen molar-refractivity contribution in [1.82, 2.24) is 0 Å². The van der Waals surface area contributed by atoms with Gasteiger partial charge < -0.3 is 0 Å². The zero-order valence-electron chi connectivity index (χ0n) is 4.44. The summed E-state index contributed by atoms with van der Waals surface area (Å²) >= 11 is 0. The van der Waals surface area contributed by atoms with Gasteiger partial charge in [-0.2, -0.15) is 0 Å². The lowest BCUT2D eigenvalue weighted by molar-refractivity contribution is 1.46. The Kier molecular flexibility index (Phi) is 3.50. The van der Waals surface area contributed by atoms with Gasteiger partial charge in [-0.25, -0.2) is 0 Å². The fraction of sp³-hybridized carbons (Fsp3) is 1.00. The molecule has 0 spiro atoms. The summed E-state index contributed by atoms with van der Waals surface area (Å²) in [4.78, 5) is 0. The molecule has 0 fully saturated rings. The van der Waals surface area contributed by atoms with E-state index in [1.807, 2.05) is 14.0 Å². The molecule has 0 aromatic heterocycles. The molecule has 3 radical (unpaired) electrons. The second-order valence-corrected chi connectivity index (χ2v) is 1.41. The maximum Gasteiger partial charge on any atom is 0.0602 e. The normalized spacial score (nSPS) is 7.67. The van der Waals surface area contributed by atoms with Crippen molar-refractivity contribution in [3.63, 3.8) is 0 Å². The maximum atomic E-state index is 5.42. The summed E-state index contributed by atoms with van der Waals surface area (Å²) in [7, 11) is 7.42. The highest BCUT2D eigenvalue weighted by Gasteiger charge is 1.94. The molecule has 0 nitrogen and oxygen atoms in total. The Morgan fingerprint density at radius 2 is 2.33 bits per heavy atom. The first-order valence-corrected chi connectivity index (χ1v) is 2.36. The van der Waals surface area contributed by atoms with Crippen LogP contribution in [0.5, 0.6) is 0 Å². The zero-order chi connectivity index (χ0) is 4.99. The maximum absolute atomic E-state index is 5.42. The molecule has 0 heterocycles. The highest BCUT2D eigenvalue weighted by Crippen LogP contribution is 1.78. The summed E-state index contributed by atoms with van der Waals surface area (Å²) < 4.78 is 0. The van der Waals surface area contributed by atoms with Gasteiger partial charge in [0.15, 0.2) is 0 Å². The third kappa shape index (κ3) is 2.43. The van der Waals surface area contributed by atoms with Gasteiger partial charge >= 0.3 is 0 Å². The quantitative estimate of drug-likeness (QED) is 0.418. The van der Waals surface area contributed by atoms with E-state index in [1.165, 1.54) is 0 Å². The van der Waals surface area contributed by atoms with E-state index in [1.54, 1.807) is 0 Å². The van der Waals surface area contributed by atoms with Crippen molar-refractivity contribution in [2.45, 2.75) is 20.1 Å². The van der Waals surface area contributed by atoms with Gasteiger partial charge in [0.1, 0.15) is 0 Å². The van der Waals surface area contributed by atoms with E-state index >= 15 is 0 Å². The first kappa shape index (κ1) is 6.19. The predicted molar refractivity (Wildman–Crippen MR) is 33.6 cm³/mol. The molecule has 0 atom stereocenters. The van der Waals surface area contributed by atoms with Gasteiger partial charge in [-0.05, 0) is 0 Å². The van der Waals surface area contributed by atoms with Crippen LogP contribution in [0.15, 0.2) is 0 Å². The van der Waals surface area contributed by atoms with Crippen LogP contribution in [-0.4, -0.2) is 21.4 Å². The van der Waals surface area contributed by atoms with Crippen molar-refractivity contribution in [1.29, 1.82) is 0 Å². The third-order valence-electron chi connectivity index (χ3n) is 0.900. The van der Waals surface area contributed by atoms with Crippen LogP contribution in [-0.2, 0) is 0 Å². The fourth-order valence-electron chi connectivity index (χ4n) is 0.236. The zero-order valence-corrected chi connectivity index (χ0v) is 4.44. The average Bonchev–Trinajstić information content (AvgIpc) is 1.65. The van der Waals surface area contributed by atoms with Gasteiger partial charge in [-0.1, -0.05) is 20.1 Å². The van der Waals surface area contributed by atoms with Gasteiger partial charge in [0.2, 0.25) is 0 Å². The van der Waals surface area contributed by atoms with Crippen molar-refractivity contribution >= 4 is 21.4 Å². The number of hydrogen-bond donors (Lipinski definition) is 0. The van der Waals surface area contributed by atoms with Gasteiger partial charge in [-0.15, -0.1) is 0 Å². The van der Waals surface area contributed by atoms with Crippen LogP contribution in [0.3, 0.4) is 0 Å². The van der Waals surface area contributed by atoms with Crippen molar-refractivity contribution in [3.8, 4) is 0 Å². The third-order valence-corrected chi connectivity index (χ3v) is 0.900. The summed E-state index contributed by atoms with van der Waals surface area (Å²) in [6, 6.07) is 0. The monoisotopic (exact) mass is 77.1 g/mol. The Balaban J connectivity index is 2.75. The molecular formula is C3H8B3. The van der Waals surface area contributed by atoms with Crippen LogP contribution in [0.2, 0.25) is 13.1 Å². The van der Waals surface area contributed by atoms with Crippen LogP contribution in [0, 0.1) is 0 Å². The molecular weight excluding hydrogens is 68.5 g/mol. The Hall–Kier alpha value is 0.195. The lowest BCUT2D eigenvalue weighted by atomic mass is 9.10. The van der Waals surface area contributed by atoms with Crippen LogP contribution < -0.4 is 0 Å². The van der Waals surface area contributed by atoms with Crippen molar-refractivity contribution in [2.24, 2.45) is 0 Å². The molecule has 6 heavy (non-hydrogen) atoms. The molecule has 0 N–H and O–H groups in total. The van der Waals surface area contributed by atoms with Gasteiger partial charge in [0.05, 0.1) is 13.7 Å². The molecule has 0 bridgehead atoms. The molecule has 0 aliphatic carbocycles. The second-order valence-electron chi connectivity index (χ2n) is 1.41. The summed E-state index contributed by atoms with van der Waals surface area (Å²) in [6.07, 6.45) is 1.05. The predicted octanol–water partition coefficient (Wildman–Crippen LogP) is 0.415. The molecule has 3 heteroatoms. The van der Waals surface area contributed by atoms with E-state index in [0.717, 1.165) is 6.32 Å². The van der Waals surface area contributed by atoms with E-state index in [4.69, 9.17) is 7.74 Å². The van der Waals surface area contributed by atoms with Gasteiger partial charge in [0.25, 0.3) is 0 Å². The Labute approximate surface area is 42.4 Å². The van der Waals surface area contributed by atoms with E-state index in [0.29, 0.717) is 6.49 Å². The topological polar surface area (TPSA) is 0 Å². The van der Waals surface area contributed by atoms with Gasteiger partial charge in [0, 0.05) is 7.74 Å². The first-order valence-electron chi connectivity index (χ1n) is 2.36. The van der Waals surface area contributed by atoms with E-state index in [9.17, 15) is 0 Å². The largest absolute Gasteiger partial charge is 0.1000 e. The number of hydrogen-bond acceptors (Lipinski definition) is 0. The van der Waals surface area contributed by atoms with E-state index in [2.05, 4.69) is 6.92 Å². The second kappa shape index (κ2) is 3.39. The van der Waals surface area contributed by atoms with Crippen LogP contribution in [0.25, 0.3) is 0 Å². The molecule has 0 saturated heterocycles. The summed E-state index contributed by atoms with van der Waals surface area (Å²) in [6.45, 7) is 4.36. The fourth-order valence-corrected chi connectivity index (χ4v) is 0.236. The Morgan fingerprint density at radius 3 is 2.33 bits per heavy atom. The standard InChI is InChI=1S/C3H8B3/c1-3-6(4)5-2/h3H2,1-2H3. The van der Waals surface area contributed by atoms with Gasteiger partial charge in [-0.3, -0.25) is 0 Å². The molecule has 0 amide bonds. The lowest BCUT2D eigenvalue weighted by Crippen LogP contribution is -2.17. The first-order chi connectivity index (χ1) is 2.81. The molecule has 0 aromatic rings. The van der Waals surface area contributed by atoms with Crippen LogP contribution in [0.4, 0.5) is 0 Å². The molecule has 29 valence electrons. The van der Waals surface area contributed by atoms with Crippen LogP contribution >= 0.6 is 0 Å². The van der Waals surface area contributed by atoms with Crippen molar-refractivity contribution < 1.29 is 0 Å².